The zero-order valence-corrected chi connectivity index (χ0v) is 17.9. The Bertz CT molecular complexity index is 1090. The summed E-state index contributed by atoms with van der Waals surface area (Å²) in [6.07, 6.45) is 3.89. The lowest BCUT2D eigenvalue weighted by Crippen LogP contribution is -2.43. The minimum atomic E-state index is -0.245. The maximum Gasteiger partial charge on any atom is 0.226 e. The SMILES string of the molecule is Cc1cc(N2CCC(C(=O)N(Cc3ccccc3)C3CC3)CC2)c2cc(F)ccc2n1. The first-order valence-electron chi connectivity index (χ1n) is 11.2. The number of piperidine rings is 1. The average molecular weight is 418 g/mol. The Balaban J connectivity index is 1.30. The fraction of sp³-hybridized carbons (Fsp3) is 0.385. The number of anilines is 1. The summed E-state index contributed by atoms with van der Waals surface area (Å²) in [6, 6.07) is 17.5. The van der Waals surface area contributed by atoms with Gasteiger partial charge in [0.15, 0.2) is 0 Å². The molecule has 1 amide bonds. The van der Waals surface area contributed by atoms with Crippen LogP contribution in [0.15, 0.2) is 54.6 Å². The van der Waals surface area contributed by atoms with Crippen molar-refractivity contribution in [2.24, 2.45) is 5.92 Å². The number of halogens is 1. The number of benzene rings is 2. The lowest BCUT2D eigenvalue weighted by molar-refractivity contribution is -0.137. The molecule has 0 unspecified atom stereocenters. The first kappa shape index (κ1) is 20.0. The summed E-state index contributed by atoms with van der Waals surface area (Å²) in [5.41, 5.74) is 3.96. The molecule has 1 aliphatic carbocycles. The lowest BCUT2D eigenvalue weighted by atomic mass is 9.94. The van der Waals surface area contributed by atoms with Crippen molar-refractivity contribution in [3.05, 3.63) is 71.7 Å². The van der Waals surface area contributed by atoms with Gasteiger partial charge in [0.1, 0.15) is 5.82 Å². The summed E-state index contributed by atoms with van der Waals surface area (Å²) >= 11 is 0. The Morgan fingerprint density at radius 3 is 2.52 bits per heavy atom. The molecule has 2 aromatic carbocycles. The van der Waals surface area contributed by atoms with Gasteiger partial charge in [-0.3, -0.25) is 9.78 Å². The number of hydrogen-bond donors (Lipinski definition) is 0. The van der Waals surface area contributed by atoms with E-state index in [-0.39, 0.29) is 11.7 Å². The number of aromatic nitrogens is 1. The predicted molar refractivity (Wildman–Crippen MR) is 121 cm³/mol. The normalized spacial score (nSPS) is 17.2. The first-order chi connectivity index (χ1) is 15.1. The Kier molecular flexibility index (Phi) is 5.34. The van der Waals surface area contributed by atoms with E-state index in [9.17, 15) is 9.18 Å². The number of amides is 1. The highest BCUT2D eigenvalue weighted by molar-refractivity contribution is 5.92. The second kappa shape index (κ2) is 8.29. The minimum absolute atomic E-state index is 0.0616. The molecule has 5 rings (SSSR count). The van der Waals surface area contributed by atoms with Gasteiger partial charge in [-0.25, -0.2) is 4.39 Å². The van der Waals surface area contributed by atoms with Crippen molar-refractivity contribution in [2.45, 2.75) is 45.2 Å². The summed E-state index contributed by atoms with van der Waals surface area (Å²) in [7, 11) is 0. The van der Waals surface area contributed by atoms with Gasteiger partial charge in [0.05, 0.1) is 5.52 Å². The molecule has 0 radical (unpaired) electrons. The number of hydrogen-bond acceptors (Lipinski definition) is 3. The monoisotopic (exact) mass is 417 g/mol. The maximum absolute atomic E-state index is 13.9. The van der Waals surface area contributed by atoms with Crippen LogP contribution in [-0.4, -0.2) is 34.9 Å². The summed E-state index contributed by atoms with van der Waals surface area (Å²) < 4.78 is 13.9. The van der Waals surface area contributed by atoms with Crippen molar-refractivity contribution in [1.29, 1.82) is 0 Å². The Hall–Kier alpha value is -2.95. The molecule has 0 spiro atoms. The van der Waals surface area contributed by atoms with Crippen LogP contribution in [0.25, 0.3) is 10.9 Å². The van der Waals surface area contributed by atoms with Crippen LogP contribution in [0.1, 0.15) is 36.9 Å². The van der Waals surface area contributed by atoms with Crippen molar-refractivity contribution in [3.63, 3.8) is 0 Å². The number of carbonyl (C=O) groups is 1. The molecule has 160 valence electrons. The quantitative estimate of drug-likeness (QED) is 0.580. The van der Waals surface area contributed by atoms with E-state index in [4.69, 9.17) is 0 Å². The number of rotatable bonds is 5. The van der Waals surface area contributed by atoms with E-state index in [1.54, 1.807) is 12.1 Å². The van der Waals surface area contributed by atoms with Gasteiger partial charge in [0, 0.05) is 48.4 Å². The van der Waals surface area contributed by atoms with E-state index in [0.717, 1.165) is 61.1 Å². The summed E-state index contributed by atoms with van der Waals surface area (Å²) in [4.78, 5) is 22.3. The number of fused-ring (bicyclic) bond motifs is 1. The summed E-state index contributed by atoms with van der Waals surface area (Å²) in [6.45, 7) is 4.28. The molecule has 1 saturated heterocycles. The van der Waals surface area contributed by atoms with Gasteiger partial charge >= 0.3 is 0 Å². The van der Waals surface area contributed by atoms with Crippen LogP contribution in [0.3, 0.4) is 0 Å². The molecule has 4 nitrogen and oxygen atoms in total. The van der Waals surface area contributed by atoms with E-state index in [0.29, 0.717) is 18.5 Å². The predicted octanol–water partition coefficient (Wildman–Crippen LogP) is 5.09. The van der Waals surface area contributed by atoms with Gasteiger partial charge < -0.3 is 9.80 Å². The summed E-state index contributed by atoms with van der Waals surface area (Å²) in [5.74, 6) is 0.116. The third-order valence-electron chi connectivity index (χ3n) is 6.53. The fourth-order valence-corrected chi connectivity index (χ4v) is 4.73. The maximum atomic E-state index is 13.9. The molecule has 1 aromatic heterocycles. The van der Waals surface area contributed by atoms with Crippen LogP contribution in [0, 0.1) is 18.7 Å². The van der Waals surface area contributed by atoms with Gasteiger partial charge in [-0.1, -0.05) is 30.3 Å². The van der Waals surface area contributed by atoms with Gasteiger partial charge in [0.25, 0.3) is 0 Å². The van der Waals surface area contributed by atoms with Crippen LogP contribution in [0.5, 0.6) is 0 Å². The van der Waals surface area contributed by atoms with Crippen LogP contribution in [-0.2, 0) is 11.3 Å². The zero-order chi connectivity index (χ0) is 21.4. The molecule has 2 fully saturated rings. The van der Waals surface area contributed by atoms with Gasteiger partial charge in [-0.15, -0.1) is 0 Å². The highest BCUT2D eigenvalue weighted by atomic mass is 19.1. The number of aryl methyl sites for hydroxylation is 1. The molecule has 0 bridgehead atoms. The largest absolute Gasteiger partial charge is 0.371 e. The molecular formula is C26H28FN3O. The van der Waals surface area contributed by atoms with Crippen LogP contribution in [0.2, 0.25) is 0 Å². The Labute approximate surface area is 182 Å². The van der Waals surface area contributed by atoms with Crippen LogP contribution in [0.4, 0.5) is 10.1 Å². The molecule has 1 saturated carbocycles. The van der Waals surface area contributed by atoms with Crippen molar-refractivity contribution >= 4 is 22.5 Å². The van der Waals surface area contributed by atoms with Crippen molar-refractivity contribution < 1.29 is 9.18 Å². The smallest absolute Gasteiger partial charge is 0.226 e. The third-order valence-corrected chi connectivity index (χ3v) is 6.53. The van der Waals surface area contributed by atoms with Gasteiger partial charge in [-0.2, -0.15) is 0 Å². The molecule has 0 atom stereocenters. The highest BCUT2D eigenvalue weighted by Crippen LogP contribution is 2.34. The molecule has 2 heterocycles. The number of carbonyl (C=O) groups excluding carboxylic acids is 1. The minimum Gasteiger partial charge on any atom is -0.371 e. The molecule has 5 heteroatoms. The molecule has 3 aromatic rings. The zero-order valence-electron chi connectivity index (χ0n) is 17.9. The number of nitrogens with zero attached hydrogens (tertiary/aromatic N) is 3. The fourth-order valence-electron chi connectivity index (χ4n) is 4.73. The van der Waals surface area contributed by atoms with E-state index in [2.05, 4.69) is 26.9 Å². The van der Waals surface area contributed by atoms with Crippen LogP contribution >= 0.6 is 0 Å². The van der Waals surface area contributed by atoms with Crippen molar-refractivity contribution in [2.75, 3.05) is 18.0 Å². The molecule has 31 heavy (non-hydrogen) atoms. The lowest BCUT2D eigenvalue weighted by Gasteiger charge is -2.36. The summed E-state index contributed by atoms with van der Waals surface area (Å²) in [5, 5.41) is 0.846. The second-order valence-corrected chi connectivity index (χ2v) is 8.89. The topological polar surface area (TPSA) is 36.4 Å². The van der Waals surface area contributed by atoms with E-state index in [1.165, 1.54) is 11.6 Å². The molecule has 1 aliphatic heterocycles. The van der Waals surface area contributed by atoms with Crippen molar-refractivity contribution in [3.8, 4) is 0 Å². The molecule has 0 N–H and O–H groups in total. The van der Waals surface area contributed by atoms with Gasteiger partial charge in [0.2, 0.25) is 5.91 Å². The van der Waals surface area contributed by atoms with E-state index >= 15 is 0 Å². The van der Waals surface area contributed by atoms with E-state index in [1.807, 2.05) is 31.2 Å². The first-order valence-corrected chi connectivity index (χ1v) is 11.2. The van der Waals surface area contributed by atoms with E-state index < -0.39 is 0 Å². The number of pyridine rings is 1. The van der Waals surface area contributed by atoms with Crippen molar-refractivity contribution in [1.82, 2.24) is 9.88 Å². The standard InChI is InChI=1S/C26H28FN3O/c1-18-15-25(23-16-21(27)7-10-24(23)28-18)29-13-11-20(12-14-29)26(31)30(22-8-9-22)17-19-5-3-2-4-6-19/h2-7,10,15-16,20,22H,8-9,11-14,17H2,1H3. The highest BCUT2D eigenvalue weighted by Gasteiger charge is 2.37. The van der Waals surface area contributed by atoms with Crippen LogP contribution < -0.4 is 4.90 Å². The Morgan fingerprint density at radius 2 is 1.81 bits per heavy atom. The molecule has 2 aliphatic rings. The molecular weight excluding hydrogens is 389 g/mol. The second-order valence-electron chi connectivity index (χ2n) is 8.89. The average Bonchev–Trinajstić information content (AvgIpc) is 3.63. The Morgan fingerprint density at radius 1 is 1.06 bits per heavy atom. The van der Waals surface area contributed by atoms with Gasteiger partial charge in [-0.05, 0) is 62.4 Å². The third kappa shape index (κ3) is 4.27.